The lowest BCUT2D eigenvalue weighted by molar-refractivity contribution is -0.274. The van der Waals surface area contributed by atoms with Gasteiger partial charge in [0, 0.05) is 5.56 Å². The van der Waals surface area contributed by atoms with Crippen molar-refractivity contribution in [1.82, 2.24) is 0 Å². The molecule has 2 aromatic rings. The zero-order valence-corrected chi connectivity index (χ0v) is 11.5. The van der Waals surface area contributed by atoms with Crippen molar-refractivity contribution in [2.24, 2.45) is 0 Å². The van der Waals surface area contributed by atoms with Gasteiger partial charge in [-0.15, -0.1) is 13.2 Å². The molecule has 0 saturated carbocycles. The summed E-state index contributed by atoms with van der Waals surface area (Å²) in [5, 5.41) is 0. The number of halogens is 6. The van der Waals surface area contributed by atoms with Crippen molar-refractivity contribution in [3.05, 3.63) is 60.2 Å². The van der Waals surface area contributed by atoms with E-state index in [-0.39, 0.29) is 5.56 Å². The van der Waals surface area contributed by atoms with E-state index in [0.29, 0.717) is 5.56 Å². The highest BCUT2D eigenvalue weighted by atomic mass is 19.4. The molecular weight excluding hydrogens is 322 g/mol. The van der Waals surface area contributed by atoms with Gasteiger partial charge in [0.2, 0.25) is 0 Å². The van der Waals surface area contributed by atoms with Crippen LogP contribution in [-0.4, -0.2) is 6.36 Å². The van der Waals surface area contributed by atoms with Crippen LogP contribution in [0.15, 0.2) is 49.0 Å². The fourth-order valence-corrected chi connectivity index (χ4v) is 2.06. The number of para-hydroxylation sites is 1. The first-order valence-corrected chi connectivity index (χ1v) is 6.30. The van der Waals surface area contributed by atoms with Crippen molar-refractivity contribution >= 4 is 6.08 Å². The maximum Gasteiger partial charge on any atom is 0.573 e. The number of hydrogen-bond acceptors (Lipinski definition) is 1. The second kappa shape index (κ2) is 5.98. The zero-order chi connectivity index (χ0) is 17.3. The number of rotatable bonds is 3. The molecule has 0 aliphatic heterocycles. The van der Waals surface area contributed by atoms with Gasteiger partial charge >= 0.3 is 12.5 Å². The van der Waals surface area contributed by atoms with Gasteiger partial charge in [0.15, 0.2) is 0 Å². The first-order chi connectivity index (χ1) is 10.6. The summed E-state index contributed by atoms with van der Waals surface area (Å²) in [6.07, 6.45) is -8.43. The molecule has 0 aliphatic carbocycles. The van der Waals surface area contributed by atoms with E-state index in [0.717, 1.165) is 24.3 Å². The van der Waals surface area contributed by atoms with Gasteiger partial charge in [-0.05, 0) is 29.3 Å². The van der Waals surface area contributed by atoms with Gasteiger partial charge < -0.3 is 4.74 Å². The smallest absolute Gasteiger partial charge is 0.405 e. The minimum absolute atomic E-state index is 0.305. The van der Waals surface area contributed by atoms with Crippen molar-refractivity contribution in [2.45, 2.75) is 12.5 Å². The number of hydrogen-bond donors (Lipinski definition) is 0. The molecule has 0 unspecified atom stereocenters. The second-order valence-electron chi connectivity index (χ2n) is 4.55. The Morgan fingerprint density at radius 3 is 2.09 bits per heavy atom. The van der Waals surface area contributed by atoms with Gasteiger partial charge in [-0.1, -0.05) is 36.9 Å². The molecule has 122 valence electrons. The minimum Gasteiger partial charge on any atom is -0.405 e. The fourth-order valence-electron chi connectivity index (χ4n) is 2.06. The van der Waals surface area contributed by atoms with Crippen LogP contribution < -0.4 is 4.74 Å². The van der Waals surface area contributed by atoms with Crippen LogP contribution in [0.4, 0.5) is 26.3 Å². The molecule has 0 bridgehead atoms. The minimum atomic E-state index is -5.01. The SMILES string of the molecule is C=Cc1ccc(C(F)(F)F)c(-c2ccccc2OC(F)(F)F)c1. The lowest BCUT2D eigenvalue weighted by Crippen LogP contribution is -2.18. The van der Waals surface area contributed by atoms with Crippen LogP contribution in [0.5, 0.6) is 5.75 Å². The van der Waals surface area contributed by atoms with E-state index in [4.69, 9.17) is 0 Å². The van der Waals surface area contributed by atoms with Crippen molar-refractivity contribution < 1.29 is 31.1 Å². The van der Waals surface area contributed by atoms with Crippen molar-refractivity contribution in [1.29, 1.82) is 0 Å². The van der Waals surface area contributed by atoms with E-state index >= 15 is 0 Å². The van der Waals surface area contributed by atoms with Crippen molar-refractivity contribution in [2.75, 3.05) is 0 Å². The standard InChI is InChI=1S/C16H10F6O/c1-2-10-7-8-13(15(17,18)19)12(9-10)11-5-3-4-6-14(11)23-16(20,21)22/h2-9H,1H2. The molecule has 0 spiro atoms. The fraction of sp³-hybridized carbons (Fsp3) is 0.125. The van der Waals surface area contributed by atoms with Crippen molar-refractivity contribution in [3.63, 3.8) is 0 Å². The van der Waals surface area contributed by atoms with Gasteiger partial charge in [0.25, 0.3) is 0 Å². The normalized spacial score (nSPS) is 12.1. The van der Waals surface area contributed by atoms with Gasteiger partial charge in [-0.2, -0.15) is 13.2 Å². The lowest BCUT2D eigenvalue weighted by Gasteiger charge is -2.17. The third-order valence-electron chi connectivity index (χ3n) is 2.99. The highest BCUT2D eigenvalue weighted by molar-refractivity contribution is 5.76. The van der Waals surface area contributed by atoms with Crippen LogP contribution in [0.3, 0.4) is 0 Å². The molecule has 0 aromatic heterocycles. The van der Waals surface area contributed by atoms with Gasteiger partial charge in [-0.25, -0.2) is 0 Å². The molecule has 2 aromatic carbocycles. The molecule has 0 N–H and O–H groups in total. The predicted molar refractivity (Wildman–Crippen MR) is 73.7 cm³/mol. The molecular formula is C16H10F6O. The molecule has 23 heavy (non-hydrogen) atoms. The van der Waals surface area contributed by atoms with Crippen LogP contribution in [0.25, 0.3) is 17.2 Å². The monoisotopic (exact) mass is 332 g/mol. The van der Waals surface area contributed by atoms with E-state index in [1.165, 1.54) is 24.3 Å². The molecule has 1 nitrogen and oxygen atoms in total. The molecule has 0 radical (unpaired) electrons. The number of ether oxygens (including phenoxy) is 1. The average Bonchev–Trinajstić information content (AvgIpc) is 2.44. The maximum absolute atomic E-state index is 13.2. The van der Waals surface area contributed by atoms with E-state index in [9.17, 15) is 26.3 Å². The number of alkyl halides is 6. The largest absolute Gasteiger partial charge is 0.573 e. The molecule has 0 atom stereocenters. The maximum atomic E-state index is 13.2. The summed E-state index contributed by atoms with van der Waals surface area (Å²) in [6, 6.07) is 7.79. The van der Waals surface area contributed by atoms with Crippen LogP contribution in [0.2, 0.25) is 0 Å². The Morgan fingerprint density at radius 2 is 1.52 bits per heavy atom. The van der Waals surface area contributed by atoms with Crippen molar-refractivity contribution in [3.8, 4) is 16.9 Å². The first kappa shape index (κ1) is 16.9. The van der Waals surface area contributed by atoms with Crippen LogP contribution >= 0.6 is 0 Å². The topological polar surface area (TPSA) is 9.23 Å². The Hall–Kier alpha value is -2.44. The summed E-state index contributed by atoms with van der Waals surface area (Å²) in [7, 11) is 0. The summed E-state index contributed by atoms with van der Waals surface area (Å²) < 4.78 is 80.7. The summed E-state index contributed by atoms with van der Waals surface area (Å²) >= 11 is 0. The molecule has 2 rings (SSSR count). The molecule has 7 heteroatoms. The molecule has 0 saturated heterocycles. The van der Waals surface area contributed by atoms with Gasteiger partial charge in [-0.3, -0.25) is 0 Å². The van der Waals surface area contributed by atoms with E-state index in [2.05, 4.69) is 11.3 Å². The molecule has 0 aliphatic rings. The van der Waals surface area contributed by atoms with E-state index in [1.807, 2.05) is 0 Å². The predicted octanol–water partition coefficient (Wildman–Crippen LogP) is 5.91. The van der Waals surface area contributed by atoms with Crippen LogP contribution in [-0.2, 0) is 6.18 Å². The third-order valence-corrected chi connectivity index (χ3v) is 2.99. The number of benzene rings is 2. The Bertz CT molecular complexity index is 715. The molecule has 0 amide bonds. The van der Waals surface area contributed by atoms with Crippen LogP contribution in [0, 0.1) is 0 Å². The summed E-state index contributed by atoms with van der Waals surface area (Å²) in [6.45, 7) is 3.45. The van der Waals surface area contributed by atoms with Gasteiger partial charge in [0.05, 0.1) is 5.56 Å². The van der Waals surface area contributed by atoms with E-state index < -0.39 is 29.4 Å². The average molecular weight is 332 g/mol. The first-order valence-electron chi connectivity index (χ1n) is 6.30. The Labute approximate surface area is 127 Å². The van der Waals surface area contributed by atoms with E-state index in [1.54, 1.807) is 0 Å². The summed E-state index contributed by atoms with van der Waals surface area (Å²) in [5.41, 5.74) is -1.42. The van der Waals surface area contributed by atoms with Crippen LogP contribution in [0.1, 0.15) is 11.1 Å². The molecule has 0 fully saturated rings. The Morgan fingerprint density at radius 1 is 0.870 bits per heavy atom. The van der Waals surface area contributed by atoms with Gasteiger partial charge in [0.1, 0.15) is 5.75 Å². The second-order valence-corrected chi connectivity index (χ2v) is 4.55. The summed E-state index contributed by atoms with van der Waals surface area (Å²) in [4.78, 5) is 0. The zero-order valence-electron chi connectivity index (χ0n) is 11.5. The molecule has 0 heterocycles. The summed E-state index contributed by atoms with van der Waals surface area (Å²) in [5.74, 6) is -0.702. The highest BCUT2D eigenvalue weighted by Gasteiger charge is 2.36. The lowest BCUT2D eigenvalue weighted by atomic mass is 9.96. The Kier molecular flexibility index (Phi) is 4.40. The quantitative estimate of drug-likeness (QED) is 0.635. The third kappa shape index (κ3) is 4.06. The Balaban J connectivity index is 2.68. The highest BCUT2D eigenvalue weighted by Crippen LogP contribution is 2.42.